The Morgan fingerprint density at radius 2 is 1.84 bits per heavy atom. The van der Waals surface area contributed by atoms with Crippen molar-refractivity contribution in [3.05, 3.63) is 0 Å². The lowest BCUT2D eigenvalue weighted by Gasteiger charge is -2.41. The minimum atomic E-state index is -0.583. The Hall–Kier alpha value is -0.680. The first kappa shape index (κ1) is 14.7. The molecule has 2 fully saturated rings. The highest BCUT2D eigenvalue weighted by Crippen LogP contribution is 2.39. The zero-order valence-electron chi connectivity index (χ0n) is 11.7. The van der Waals surface area contributed by atoms with Gasteiger partial charge in [-0.25, -0.2) is 0 Å². The molecule has 0 aromatic rings. The van der Waals surface area contributed by atoms with E-state index < -0.39 is 5.41 Å². The monoisotopic (exact) mass is 284 g/mol. The molecule has 0 radical (unpaired) electrons. The van der Waals surface area contributed by atoms with Gasteiger partial charge in [-0.05, 0) is 25.7 Å². The lowest BCUT2D eigenvalue weighted by atomic mass is 9.72. The average molecular weight is 284 g/mol. The molecule has 0 aromatic heterocycles. The van der Waals surface area contributed by atoms with Crippen molar-refractivity contribution in [3.63, 3.8) is 0 Å². The summed E-state index contributed by atoms with van der Waals surface area (Å²) in [7, 11) is 1.90. The summed E-state index contributed by atoms with van der Waals surface area (Å²) in [6, 6.07) is 0.273. The Balaban J connectivity index is 2.12. The van der Waals surface area contributed by atoms with Crippen LogP contribution in [0, 0.1) is 5.41 Å². The van der Waals surface area contributed by atoms with Gasteiger partial charge >= 0.3 is 0 Å². The van der Waals surface area contributed by atoms with Crippen LogP contribution in [0.3, 0.4) is 0 Å². The molecule has 2 aliphatic rings. The number of nitrogens with zero attached hydrogens (tertiary/aromatic N) is 1. The molecular weight excluding hydrogens is 260 g/mol. The Morgan fingerprint density at radius 1 is 1.26 bits per heavy atom. The number of carbonyl (C=O) groups excluding carboxylic acids is 1. The molecule has 4 nitrogen and oxygen atoms in total. The molecule has 1 amide bonds. The molecule has 108 valence electrons. The van der Waals surface area contributed by atoms with Gasteiger partial charge in [-0.1, -0.05) is 31.5 Å². The number of thiocarbonyl (C=S) groups is 1. The molecule has 19 heavy (non-hydrogen) atoms. The first-order valence-electron chi connectivity index (χ1n) is 7.23. The van der Waals surface area contributed by atoms with E-state index in [1.165, 1.54) is 6.42 Å². The highest BCUT2D eigenvalue weighted by molar-refractivity contribution is 7.80. The van der Waals surface area contributed by atoms with Gasteiger partial charge in [-0.15, -0.1) is 0 Å². The highest BCUT2D eigenvalue weighted by Gasteiger charge is 2.45. The Labute approximate surface area is 120 Å². The SMILES string of the molecule is CN(C(=O)C1(C(N)=S)CCCCC1)C1CCOCC1. The molecule has 5 heteroatoms. The first-order valence-corrected chi connectivity index (χ1v) is 7.64. The minimum absolute atomic E-state index is 0.131. The lowest BCUT2D eigenvalue weighted by molar-refractivity contribution is -0.142. The van der Waals surface area contributed by atoms with E-state index in [9.17, 15) is 4.79 Å². The van der Waals surface area contributed by atoms with Crippen LogP contribution in [-0.4, -0.2) is 42.1 Å². The summed E-state index contributed by atoms with van der Waals surface area (Å²) in [6.45, 7) is 1.48. The molecule has 0 aromatic carbocycles. The topological polar surface area (TPSA) is 55.6 Å². The van der Waals surface area contributed by atoms with Gasteiger partial charge < -0.3 is 15.4 Å². The van der Waals surface area contributed by atoms with Crippen LogP contribution < -0.4 is 5.73 Å². The fourth-order valence-electron chi connectivity index (χ4n) is 3.30. The van der Waals surface area contributed by atoms with Crippen molar-refractivity contribution in [3.8, 4) is 0 Å². The highest BCUT2D eigenvalue weighted by atomic mass is 32.1. The fourth-order valence-corrected chi connectivity index (χ4v) is 3.59. The maximum Gasteiger partial charge on any atom is 0.235 e. The zero-order valence-corrected chi connectivity index (χ0v) is 12.5. The molecular formula is C14H24N2O2S. The van der Waals surface area contributed by atoms with E-state index in [0.717, 1.165) is 51.7 Å². The second-order valence-electron chi connectivity index (χ2n) is 5.77. The molecule has 0 spiro atoms. The van der Waals surface area contributed by atoms with Crippen molar-refractivity contribution in [2.75, 3.05) is 20.3 Å². The van der Waals surface area contributed by atoms with Crippen molar-refractivity contribution in [2.24, 2.45) is 11.1 Å². The summed E-state index contributed by atoms with van der Waals surface area (Å²) in [4.78, 5) is 15.1. The molecule has 1 aliphatic heterocycles. The summed E-state index contributed by atoms with van der Waals surface area (Å²) in [5.74, 6) is 0.131. The minimum Gasteiger partial charge on any atom is -0.392 e. The number of nitrogens with two attached hydrogens (primary N) is 1. The van der Waals surface area contributed by atoms with E-state index in [-0.39, 0.29) is 11.9 Å². The van der Waals surface area contributed by atoms with Gasteiger partial charge in [0.1, 0.15) is 0 Å². The van der Waals surface area contributed by atoms with E-state index in [0.29, 0.717) is 4.99 Å². The fraction of sp³-hybridized carbons (Fsp3) is 0.857. The van der Waals surface area contributed by atoms with Crippen molar-refractivity contribution in [2.45, 2.75) is 51.0 Å². The Kier molecular flexibility index (Phi) is 4.79. The Morgan fingerprint density at radius 3 is 2.37 bits per heavy atom. The molecule has 1 heterocycles. The van der Waals surface area contributed by atoms with E-state index >= 15 is 0 Å². The number of amides is 1. The summed E-state index contributed by atoms with van der Waals surface area (Å²) in [5, 5.41) is 0. The number of hydrogen-bond donors (Lipinski definition) is 1. The van der Waals surface area contributed by atoms with Crippen LogP contribution in [0.1, 0.15) is 44.9 Å². The number of ether oxygens (including phenoxy) is 1. The predicted octanol–water partition coefficient (Wildman–Crippen LogP) is 1.86. The molecule has 0 bridgehead atoms. The van der Waals surface area contributed by atoms with E-state index in [1.807, 2.05) is 11.9 Å². The summed E-state index contributed by atoms with van der Waals surface area (Å²) >= 11 is 5.23. The quantitative estimate of drug-likeness (QED) is 0.804. The third-order valence-corrected chi connectivity index (χ3v) is 5.04. The van der Waals surface area contributed by atoms with E-state index in [4.69, 9.17) is 22.7 Å². The number of carbonyl (C=O) groups is 1. The van der Waals surface area contributed by atoms with Gasteiger partial charge in [0.2, 0.25) is 5.91 Å². The predicted molar refractivity (Wildman–Crippen MR) is 78.9 cm³/mol. The number of hydrogen-bond acceptors (Lipinski definition) is 3. The van der Waals surface area contributed by atoms with Gasteiger partial charge in [-0.3, -0.25) is 4.79 Å². The van der Waals surface area contributed by atoms with Gasteiger partial charge in [0.05, 0.1) is 10.4 Å². The molecule has 0 atom stereocenters. The van der Waals surface area contributed by atoms with Crippen LogP contribution in [-0.2, 0) is 9.53 Å². The first-order chi connectivity index (χ1) is 9.08. The van der Waals surface area contributed by atoms with Crippen LogP contribution in [0.2, 0.25) is 0 Å². The van der Waals surface area contributed by atoms with Crippen LogP contribution in [0.5, 0.6) is 0 Å². The van der Waals surface area contributed by atoms with Crippen molar-refractivity contribution >= 4 is 23.1 Å². The van der Waals surface area contributed by atoms with Crippen molar-refractivity contribution in [1.82, 2.24) is 4.90 Å². The van der Waals surface area contributed by atoms with Crippen LogP contribution in [0.4, 0.5) is 0 Å². The van der Waals surface area contributed by atoms with E-state index in [1.54, 1.807) is 0 Å². The largest absolute Gasteiger partial charge is 0.392 e. The van der Waals surface area contributed by atoms with Gasteiger partial charge in [-0.2, -0.15) is 0 Å². The summed E-state index contributed by atoms with van der Waals surface area (Å²) in [5.41, 5.74) is 5.35. The van der Waals surface area contributed by atoms with Gasteiger partial charge in [0, 0.05) is 26.3 Å². The maximum absolute atomic E-state index is 12.9. The zero-order chi connectivity index (χ0) is 13.9. The molecule has 1 saturated heterocycles. The van der Waals surface area contributed by atoms with Crippen LogP contribution in [0.25, 0.3) is 0 Å². The third-order valence-electron chi connectivity index (χ3n) is 4.65. The molecule has 2 rings (SSSR count). The second-order valence-corrected chi connectivity index (χ2v) is 6.21. The normalized spacial score (nSPS) is 23.8. The Bertz CT molecular complexity index is 347. The average Bonchev–Trinajstić information content (AvgIpc) is 2.47. The van der Waals surface area contributed by atoms with Gasteiger partial charge in [0.25, 0.3) is 0 Å². The van der Waals surface area contributed by atoms with Crippen molar-refractivity contribution < 1.29 is 9.53 Å². The van der Waals surface area contributed by atoms with Crippen LogP contribution >= 0.6 is 12.2 Å². The molecule has 0 unspecified atom stereocenters. The maximum atomic E-state index is 12.9. The lowest BCUT2D eigenvalue weighted by Crippen LogP contribution is -2.53. The summed E-state index contributed by atoms with van der Waals surface area (Å²) < 4.78 is 5.36. The molecule has 2 N–H and O–H groups in total. The molecule has 1 saturated carbocycles. The van der Waals surface area contributed by atoms with Crippen molar-refractivity contribution in [1.29, 1.82) is 0 Å². The smallest absolute Gasteiger partial charge is 0.235 e. The molecule has 1 aliphatic carbocycles. The van der Waals surface area contributed by atoms with Crippen LogP contribution in [0.15, 0.2) is 0 Å². The summed E-state index contributed by atoms with van der Waals surface area (Å²) in [6.07, 6.45) is 6.72. The number of rotatable bonds is 3. The second kappa shape index (κ2) is 6.18. The standard InChI is InChI=1S/C14H24N2O2S/c1-16(11-5-9-18-10-6-11)13(17)14(12(15)19)7-3-2-4-8-14/h11H,2-10H2,1H3,(H2,15,19). The van der Waals surface area contributed by atoms with Gasteiger partial charge in [0.15, 0.2) is 0 Å². The third kappa shape index (κ3) is 2.92. The van der Waals surface area contributed by atoms with E-state index in [2.05, 4.69) is 0 Å².